The average molecular weight is 290 g/mol. The van der Waals surface area contributed by atoms with Gasteiger partial charge < -0.3 is 9.15 Å². The quantitative estimate of drug-likeness (QED) is 0.550. The van der Waals surface area contributed by atoms with E-state index in [1.165, 1.54) is 0 Å². The molecule has 0 saturated carbocycles. The van der Waals surface area contributed by atoms with Crippen LogP contribution in [-0.4, -0.2) is 17.1 Å². The predicted molar refractivity (Wildman–Crippen MR) is 86.0 cm³/mol. The summed E-state index contributed by atoms with van der Waals surface area (Å²) in [5, 5.41) is 2.01. The number of nitrogens with zero attached hydrogens (tertiary/aromatic N) is 2. The Hall–Kier alpha value is -2.88. The third-order valence-electron chi connectivity index (χ3n) is 3.66. The van der Waals surface area contributed by atoms with Gasteiger partial charge in [-0.05, 0) is 31.2 Å². The van der Waals surface area contributed by atoms with Gasteiger partial charge in [-0.1, -0.05) is 18.2 Å². The molecule has 3 heterocycles. The zero-order valence-electron chi connectivity index (χ0n) is 12.3. The Morgan fingerprint density at radius 2 is 1.86 bits per heavy atom. The van der Waals surface area contributed by atoms with Crippen molar-refractivity contribution in [2.75, 3.05) is 7.11 Å². The van der Waals surface area contributed by atoms with Crippen LogP contribution < -0.4 is 4.74 Å². The van der Waals surface area contributed by atoms with Crippen LogP contribution in [0.4, 0.5) is 0 Å². The van der Waals surface area contributed by atoms with Gasteiger partial charge in [0.15, 0.2) is 5.76 Å². The highest BCUT2D eigenvalue weighted by Gasteiger charge is 2.13. The number of rotatable bonds is 2. The van der Waals surface area contributed by atoms with Gasteiger partial charge in [-0.3, -0.25) is 0 Å². The maximum atomic E-state index is 5.95. The van der Waals surface area contributed by atoms with Crippen molar-refractivity contribution in [2.45, 2.75) is 6.92 Å². The first-order chi connectivity index (χ1) is 10.7. The van der Waals surface area contributed by atoms with E-state index in [0.717, 1.165) is 39.0 Å². The molecule has 4 aromatic rings. The van der Waals surface area contributed by atoms with Crippen molar-refractivity contribution in [3.63, 3.8) is 0 Å². The third kappa shape index (κ3) is 2.00. The van der Waals surface area contributed by atoms with Crippen molar-refractivity contribution in [1.82, 2.24) is 9.97 Å². The molecule has 0 aliphatic carbocycles. The van der Waals surface area contributed by atoms with Gasteiger partial charge in [-0.2, -0.15) is 0 Å². The van der Waals surface area contributed by atoms with Crippen molar-refractivity contribution in [3.8, 4) is 17.3 Å². The van der Waals surface area contributed by atoms with Gasteiger partial charge in [0.2, 0.25) is 5.88 Å². The third-order valence-corrected chi connectivity index (χ3v) is 3.66. The van der Waals surface area contributed by atoms with Gasteiger partial charge in [0.1, 0.15) is 11.3 Å². The largest absolute Gasteiger partial charge is 0.481 e. The molecule has 0 bridgehead atoms. The Morgan fingerprint density at radius 1 is 1.00 bits per heavy atom. The van der Waals surface area contributed by atoms with Crippen molar-refractivity contribution < 1.29 is 9.15 Å². The van der Waals surface area contributed by atoms with Crippen LogP contribution in [0.2, 0.25) is 0 Å². The van der Waals surface area contributed by atoms with E-state index >= 15 is 0 Å². The maximum absolute atomic E-state index is 5.95. The van der Waals surface area contributed by atoms with E-state index in [0.29, 0.717) is 5.88 Å². The minimum absolute atomic E-state index is 0.591. The van der Waals surface area contributed by atoms with Gasteiger partial charge in [-0.15, -0.1) is 0 Å². The lowest BCUT2D eigenvalue weighted by atomic mass is 10.1. The summed E-state index contributed by atoms with van der Waals surface area (Å²) in [4.78, 5) is 9.14. The summed E-state index contributed by atoms with van der Waals surface area (Å²) >= 11 is 0. The van der Waals surface area contributed by atoms with Crippen LogP contribution in [0.25, 0.3) is 33.3 Å². The van der Waals surface area contributed by atoms with E-state index in [1.54, 1.807) is 7.11 Å². The maximum Gasteiger partial charge on any atom is 0.213 e. The summed E-state index contributed by atoms with van der Waals surface area (Å²) in [5.74, 6) is 1.34. The number of fused-ring (bicyclic) bond motifs is 2. The first kappa shape index (κ1) is 12.8. The van der Waals surface area contributed by atoms with Crippen LogP contribution >= 0.6 is 0 Å². The van der Waals surface area contributed by atoms with E-state index in [1.807, 2.05) is 55.5 Å². The molecular formula is C18H14N2O2. The lowest BCUT2D eigenvalue weighted by Gasteiger charge is -2.06. The summed E-state index contributed by atoms with van der Waals surface area (Å²) in [6, 6.07) is 15.7. The van der Waals surface area contributed by atoms with Gasteiger partial charge in [0.25, 0.3) is 0 Å². The van der Waals surface area contributed by atoms with Gasteiger partial charge in [0, 0.05) is 22.5 Å². The normalized spacial score (nSPS) is 11.2. The zero-order chi connectivity index (χ0) is 15.1. The van der Waals surface area contributed by atoms with Crippen molar-refractivity contribution in [2.24, 2.45) is 0 Å². The van der Waals surface area contributed by atoms with Crippen molar-refractivity contribution in [1.29, 1.82) is 0 Å². The monoisotopic (exact) mass is 290 g/mol. The standard InChI is InChI=1S/C18H14N2O2/c1-11-9-14-13(7-8-17(20-14)21-2)18(19-11)16-10-12-5-3-4-6-15(12)22-16/h3-10H,1-2H3. The van der Waals surface area contributed by atoms with Crippen LogP contribution in [0, 0.1) is 6.92 Å². The molecule has 4 nitrogen and oxygen atoms in total. The Bertz CT molecular complexity index is 956. The first-order valence-corrected chi connectivity index (χ1v) is 7.06. The molecule has 0 aliphatic heterocycles. The number of aromatic nitrogens is 2. The molecule has 1 aromatic carbocycles. The molecule has 4 heteroatoms. The van der Waals surface area contributed by atoms with Gasteiger partial charge in [-0.25, -0.2) is 9.97 Å². The molecule has 0 unspecified atom stereocenters. The fraction of sp³-hybridized carbons (Fsp3) is 0.111. The summed E-state index contributed by atoms with van der Waals surface area (Å²) in [6.45, 7) is 1.95. The number of hydrogen-bond donors (Lipinski definition) is 0. The number of benzene rings is 1. The van der Waals surface area contributed by atoms with E-state index < -0.39 is 0 Å². The van der Waals surface area contributed by atoms with Gasteiger partial charge in [0.05, 0.1) is 12.6 Å². The topological polar surface area (TPSA) is 48.2 Å². The Morgan fingerprint density at radius 3 is 2.68 bits per heavy atom. The van der Waals surface area contributed by atoms with E-state index in [-0.39, 0.29) is 0 Å². The highest BCUT2D eigenvalue weighted by atomic mass is 16.5. The lowest BCUT2D eigenvalue weighted by molar-refractivity contribution is 0.399. The minimum atomic E-state index is 0.591. The molecule has 0 N–H and O–H groups in total. The Kier molecular flexibility index (Phi) is 2.82. The molecule has 0 atom stereocenters. The molecule has 4 rings (SSSR count). The summed E-state index contributed by atoms with van der Waals surface area (Å²) in [5.41, 5.74) is 3.41. The number of hydrogen-bond acceptors (Lipinski definition) is 4. The fourth-order valence-electron chi connectivity index (χ4n) is 2.63. The molecule has 3 aromatic heterocycles. The van der Waals surface area contributed by atoms with E-state index in [9.17, 15) is 0 Å². The van der Waals surface area contributed by atoms with Crippen molar-refractivity contribution >= 4 is 21.9 Å². The predicted octanol–water partition coefficient (Wildman–Crippen LogP) is 4.36. The zero-order valence-corrected chi connectivity index (χ0v) is 12.3. The van der Waals surface area contributed by atoms with Crippen molar-refractivity contribution in [3.05, 3.63) is 54.2 Å². The second-order valence-electron chi connectivity index (χ2n) is 5.18. The van der Waals surface area contributed by atoms with Gasteiger partial charge >= 0.3 is 0 Å². The number of ether oxygens (including phenoxy) is 1. The molecule has 0 saturated heterocycles. The second kappa shape index (κ2) is 4.84. The molecule has 0 amide bonds. The number of aryl methyl sites for hydroxylation is 1. The van der Waals surface area contributed by atoms with Crippen LogP contribution in [0.5, 0.6) is 5.88 Å². The number of para-hydroxylation sites is 1. The van der Waals surface area contributed by atoms with Crippen LogP contribution in [0.1, 0.15) is 5.69 Å². The van der Waals surface area contributed by atoms with Crippen LogP contribution in [-0.2, 0) is 0 Å². The SMILES string of the molecule is COc1ccc2c(-c3cc4ccccc4o3)nc(C)cc2n1. The highest BCUT2D eigenvalue weighted by Crippen LogP contribution is 2.32. The summed E-state index contributed by atoms with van der Waals surface area (Å²) in [6.07, 6.45) is 0. The molecular weight excluding hydrogens is 276 g/mol. The second-order valence-corrected chi connectivity index (χ2v) is 5.18. The minimum Gasteiger partial charge on any atom is -0.481 e. The molecule has 0 fully saturated rings. The molecule has 22 heavy (non-hydrogen) atoms. The first-order valence-electron chi connectivity index (χ1n) is 7.06. The van der Waals surface area contributed by atoms with E-state index in [4.69, 9.17) is 9.15 Å². The number of methoxy groups -OCH3 is 1. The molecule has 0 spiro atoms. The number of furan rings is 1. The lowest BCUT2D eigenvalue weighted by Crippen LogP contribution is -1.93. The van der Waals surface area contributed by atoms with Crippen LogP contribution in [0.3, 0.4) is 0 Å². The molecule has 108 valence electrons. The number of pyridine rings is 2. The smallest absolute Gasteiger partial charge is 0.213 e. The van der Waals surface area contributed by atoms with Crippen LogP contribution in [0.15, 0.2) is 52.9 Å². The fourth-order valence-corrected chi connectivity index (χ4v) is 2.63. The molecule has 0 radical (unpaired) electrons. The Labute approximate surface area is 127 Å². The Balaban J connectivity index is 2.00. The van der Waals surface area contributed by atoms with E-state index in [2.05, 4.69) is 9.97 Å². The highest BCUT2D eigenvalue weighted by molar-refractivity contribution is 5.94. The molecule has 0 aliphatic rings. The average Bonchev–Trinajstić information content (AvgIpc) is 2.97. The summed E-state index contributed by atoms with van der Waals surface area (Å²) in [7, 11) is 1.61. The summed E-state index contributed by atoms with van der Waals surface area (Å²) < 4.78 is 11.2.